The number of benzene rings is 1. The van der Waals surface area contributed by atoms with E-state index in [1.165, 1.54) is 0 Å². The van der Waals surface area contributed by atoms with Gasteiger partial charge in [-0.3, -0.25) is 0 Å². The van der Waals surface area contributed by atoms with Gasteiger partial charge in [-0.1, -0.05) is 0 Å². The fourth-order valence-corrected chi connectivity index (χ4v) is 0.695. The normalized spacial score (nSPS) is 11.5. The smallest absolute Gasteiger partial charge is 0.214 e. The molecule has 0 amide bonds. The van der Waals surface area contributed by atoms with Crippen LogP contribution in [0.1, 0.15) is 0 Å². The van der Waals surface area contributed by atoms with Gasteiger partial charge in [0.25, 0.3) is 0 Å². The van der Waals surface area contributed by atoms with Crippen LogP contribution in [-0.2, 0) is 0 Å². The number of nitrogens with zero attached hydrogens (tertiary/aromatic N) is 1. The van der Waals surface area contributed by atoms with Crippen molar-refractivity contribution in [2.75, 3.05) is 12.4 Å². The van der Waals surface area contributed by atoms with Crippen molar-refractivity contribution in [2.24, 2.45) is 5.11 Å². The summed E-state index contributed by atoms with van der Waals surface area (Å²) in [6.07, 6.45) is 0. The summed E-state index contributed by atoms with van der Waals surface area (Å²) in [5.41, 5.74) is 4.63. The first-order chi connectivity index (χ1) is 5.36. The van der Waals surface area contributed by atoms with E-state index in [9.17, 15) is 0 Å². The maximum absolute atomic E-state index is 6.48. The van der Waals surface area contributed by atoms with Gasteiger partial charge in [-0.15, -0.1) is 0 Å². The average Bonchev–Trinajstić information content (AvgIpc) is 2.07. The van der Waals surface area contributed by atoms with Gasteiger partial charge in [0.1, 0.15) is 0 Å². The van der Waals surface area contributed by atoms with Crippen molar-refractivity contribution in [3.05, 3.63) is 24.3 Å². The van der Waals surface area contributed by atoms with Gasteiger partial charge in [0.2, 0.25) is 1.41 Å². The lowest BCUT2D eigenvalue weighted by Gasteiger charge is -1.97. The van der Waals surface area contributed by atoms with E-state index in [4.69, 9.17) is 1.41 Å². The fourth-order valence-electron chi connectivity index (χ4n) is 0.695. The van der Waals surface area contributed by atoms with Crippen molar-refractivity contribution in [3.63, 3.8) is 0 Å². The molecule has 3 nitrogen and oxygen atoms in total. The summed E-state index contributed by atoms with van der Waals surface area (Å²) in [6, 6.07) is 7.35. The molecule has 1 aromatic carbocycles. The van der Waals surface area contributed by atoms with Crippen LogP contribution in [0.5, 0.6) is 0 Å². The third-order valence-corrected chi connectivity index (χ3v) is 1.27. The molecule has 2 N–H and O–H groups in total. The van der Waals surface area contributed by atoms with Crippen LogP contribution in [0.15, 0.2) is 29.4 Å². The van der Waals surface area contributed by atoms with Crippen LogP contribution in [-0.4, -0.2) is 7.05 Å². The van der Waals surface area contributed by atoms with E-state index in [0.29, 0.717) is 5.69 Å². The molecule has 52 valence electrons. The minimum absolute atomic E-state index is 0.694. The Hall–Kier alpha value is -1.38. The molecule has 0 bridgehead atoms. The molecule has 0 saturated carbocycles. The fraction of sp³-hybridized carbons (Fsp3) is 0.143. The largest absolute Gasteiger partial charge is 0.388 e. The summed E-state index contributed by atoms with van der Waals surface area (Å²) >= 11 is 0. The molecule has 0 aliphatic carbocycles. The summed E-state index contributed by atoms with van der Waals surface area (Å²) in [4.78, 5) is 0. The Balaban J connectivity index is 2.82. The van der Waals surface area contributed by atoms with Gasteiger partial charge in [0.15, 0.2) is 0 Å². The summed E-state index contributed by atoms with van der Waals surface area (Å²) in [7, 11) is 1.85. The van der Waals surface area contributed by atoms with Gasteiger partial charge in [-0.2, -0.15) is 5.11 Å². The first-order valence-corrected chi connectivity index (χ1v) is 2.99. The first-order valence-electron chi connectivity index (χ1n) is 3.44. The predicted octanol–water partition coefficient (Wildman–Crippen LogP) is 2.39. The molecule has 1 rings (SSSR count). The van der Waals surface area contributed by atoms with Gasteiger partial charge >= 0.3 is 0 Å². The molecule has 0 aromatic heterocycles. The highest BCUT2D eigenvalue weighted by Gasteiger charge is 1.87. The van der Waals surface area contributed by atoms with Crippen LogP contribution in [0, 0.1) is 5.52 Å². The number of rotatable bonds is 2. The van der Waals surface area contributed by atoms with E-state index in [0.717, 1.165) is 5.69 Å². The summed E-state index contributed by atoms with van der Waals surface area (Å²) in [5.74, 6) is 0. The van der Waals surface area contributed by atoms with Crippen LogP contribution >= 0.6 is 0 Å². The number of hydrogen-bond donors (Lipinski definition) is 2. The minimum atomic E-state index is 0.694. The van der Waals surface area contributed by atoms with E-state index in [1.54, 1.807) is 12.1 Å². The second kappa shape index (κ2) is 2.96. The van der Waals surface area contributed by atoms with Crippen molar-refractivity contribution >= 4 is 11.4 Å². The Labute approximate surface area is 61.0 Å². The van der Waals surface area contributed by atoms with E-state index >= 15 is 0 Å². The van der Waals surface area contributed by atoms with Gasteiger partial charge in [0, 0.05) is 12.7 Å². The number of nitrogens with one attached hydrogen (secondary N) is 2. The summed E-state index contributed by atoms with van der Waals surface area (Å²) in [5, 5.41) is 6.52. The van der Waals surface area contributed by atoms with Gasteiger partial charge in [0.05, 0.1) is 5.69 Å². The molecule has 0 spiro atoms. The highest BCUT2D eigenvalue weighted by Crippen LogP contribution is 2.14. The first kappa shape index (κ1) is 5.41. The Kier molecular flexibility index (Phi) is 1.60. The molecule has 0 heterocycles. The highest BCUT2D eigenvalue weighted by atomic mass is 15.0. The molecule has 0 radical (unpaired) electrons. The SMILES string of the molecule is [2H]N=Nc1ccc(NC)cc1. The molecular weight excluding hydrogens is 126 g/mol. The standard InChI is InChI=1S/C7H9N3/c1-9-6-2-4-7(10-8)5-3-6/h2-5,8-9H,1H3/i/hD. The third kappa shape index (κ3) is 1.31. The molecule has 0 aliphatic rings. The van der Waals surface area contributed by atoms with Gasteiger partial charge in [-0.05, 0) is 24.3 Å². The van der Waals surface area contributed by atoms with E-state index in [-0.39, 0.29) is 0 Å². The molecule has 0 fully saturated rings. The van der Waals surface area contributed by atoms with Crippen molar-refractivity contribution in [2.45, 2.75) is 0 Å². The Bertz CT molecular complexity index is 242. The minimum Gasteiger partial charge on any atom is -0.388 e. The monoisotopic (exact) mass is 136 g/mol. The molecule has 10 heavy (non-hydrogen) atoms. The zero-order valence-corrected chi connectivity index (χ0v) is 5.70. The Morgan fingerprint density at radius 1 is 1.50 bits per heavy atom. The molecular formula is C7H9N3. The molecule has 1 aromatic rings. The molecule has 0 saturated heterocycles. The topological polar surface area (TPSA) is 48.2 Å². The zero-order valence-electron chi connectivity index (χ0n) is 6.70. The predicted molar refractivity (Wildman–Crippen MR) is 40.8 cm³/mol. The average molecular weight is 136 g/mol. The lowest BCUT2D eigenvalue weighted by atomic mass is 10.3. The van der Waals surface area contributed by atoms with Crippen LogP contribution in [0.3, 0.4) is 0 Å². The van der Waals surface area contributed by atoms with Crippen LogP contribution in [0.2, 0.25) is 1.41 Å². The van der Waals surface area contributed by atoms with Crippen LogP contribution < -0.4 is 5.32 Å². The second-order valence-electron chi connectivity index (χ2n) is 1.90. The van der Waals surface area contributed by atoms with E-state index < -0.39 is 0 Å². The molecule has 0 atom stereocenters. The van der Waals surface area contributed by atoms with Crippen molar-refractivity contribution in [1.82, 2.24) is 0 Å². The maximum Gasteiger partial charge on any atom is 0.214 e. The Morgan fingerprint density at radius 3 is 2.70 bits per heavy atom. The number of anilines is 1. The van der Waals surface area contributed by atoms with Gasteiger partial charge in [-0.25, -0.2) is 5.52 Å². The van der Waals surface area contributed by atoms with E-state index in [1.807, 2.05) is 19.2 Å². The summed E-state index contributed by atoms with van der Waals surface area (Å²) < 4.78 is 6.48. The highest BCUT2D eigenvalue weighted by molar-refractivity contribution is 5.49. The van der Waals surface area contributed by atoms with Gasteiger partial charge < -0.3 is 5.32 Å². The Morgan fingerprint density at radius 2 is 2.20 bits per heavy atom. The number of hydrogen-bond acceptors (Lipinski definition) is 3. The molecule has 0 unspecified atom stereocenters. The summed E-state index contributed by atoms with van der Waals surface area (Å²) in [6.45, 7) is 0. The lowest BCUT2D eigenvalue weighted by Crippen LogP contribution is -1.84. The quantitative estimate of drug-likeness (QED) is 0.602. The molecule has 3 heteroatoms. The van der Waals surface area contributed by atoms with Crippen molar-refractivity contribution < 1.29 is 1.41 Å². The van der Waals surface area contributed by atoms with Crippen LogP contribution in [0.4, 0.5) is 11.4 Å². The maximum atomic E-state index is 6.48. The second-order valence-corrected chi connectivity index (χ2v) is 1.90. The van der Waals surface area contributed by atoms with E-state index in [2.05, 4.69) is 16.0 Å². The van der Waals surface area contributed by atoms with Crippen molar-refractivity contribution in [3.8, 4) is 0 Å². The van der Waals surface area contributed by atoms with Crippen LogP contribution in [0.25, 0.3) is 0 Å². The van der Waals surface area contributed by atoms with Crippen molar-refractivity contribution in [1.29, 1.82) is 5.52 Å². The third-order valence-electron chi connectivity index (χ3n) is 1.27. The lowest BCUT2D eigenvalue weighted by molar-refractivity contribution is 1.15. The zero-order chi connectivity index (χ0) is 8.10. The molecule has 0 aliphatic heterocycles.